The van der Waals surface area contributed by atoms with Gasteiger partial charge in [-0.1, -0.05) is 18.2 Å². The molecule has 72 valence electrons. The van der Waals surface area contributed by atoms with E-state index in [0.29, 0.717) is 0 Å². The maximum Gasteiger partial charge on any atom is 0.0801 e. The summed E-state index contributed by atoms with van der Waals surface area (Å²) in [5.41, 5.74) is 7.00. The van der Waals surface area contributed by atoms with Crippen LogP contribution in [-0.4, -0.2) is 4.98 Å². The Balaban J connectivity index is 2.53. The van der Waals surface area contributed by atoms with Gasteiger partial charge < -0.3 is 0 Å². The van der Waals surface area contributed by atoms with Gasteiger partial charge in [-0.3, -0.25) is 0 Å². The van der Waals surface area contributed by atoms with Gasteiger partial charge in [-0.25, -0.2) is 4.98 Å². The summed E-state index contributed by atoms with van der Waals surface area (Å²) in [5, 5.41) is 0. The van der Waals surface area contributed by atoms with Crippen LogP contribution < -0.4 is 0 Å². The molecule has 1 heterocycles. The molecule has 0 radical (unpaired) electrons. The normalized spacial score (nSPS) is 10.5. The molecule has 0 fully saturated rings. The van der Waals surface area contributed by atoms with E-state index in [1.54, 1.807) is 11.3 Å². The molecule has 0 aliphatic rings. The lowest BCUT2D eigenvalue weighted by Crippen LogP contribution is -1.83. The van der Waals surface area contributed by atoms with Crippen molar-refractivity contribution in [1.82, 2.24) is 4.98 Å². The van der Waals surface area contributed by atoms with Crippen molar-refractivity contribution in [2.45, 2.75) is 20.8 Å². The smallest absolute Gasteiger partial charge is 0.0801 e. The molecular weight excluding hydrogens is 190 g/mol. The van der Waals surface area contributed by atoms with Crippen molar-refractivity contribution in [3.05, 3.63) is 40.5 Å². The van der Waals surface area contributed by atoms with E-state index in [1.807, 2.05) is 5.51 Å². The number of aryl methyl sites for hydroxylation is 3. The SMILES string of the molecule is Cc1ccc(-c2scnc2C)cc1C. The Morgan fingerprint density at radius 3 is 2.43 bits per heavy atom. The summed E-state index contributed by atoms with van der Waals surface area (Å²) in [6.45, 7) is 6.34. The molecule has 14 heavy (non-hydrogen) atoms. The van der Waals surface area contributed by atoms with E-state index in [0.717, 1.165) is 5.69 Å². The average Bonchev–Trinajstić information content (AvgIpc) is 2.57. The van der Waals surface area contributed by atoms with Crippen LogP contribution in [0.15, 0.2) is 23.7 Å². The molecule has 2 heteroatoms. The van der Waals surface area contributed by atoms with E-state index in [4.69, 9.17) is 0 Å². The molecule has 0 bridgehead atoms. The summed E-state index contributed by atoms with van der Waals surface area (Å²) < 4.78 is 0. The maximum atomic E-state index is 4.26. The van der Waals surface area contributed by atoms with Crippen molar-refractivity contribution in [1.29, 1.82) is 0 Å². The second-order valence-corrected chi connectivity index (χ2v) is 4.42. The van der Waals surface area contributed by atoms with E-state index < -0.39 is 0 Å². The molecule has 2 rings (SSSR count). The summed E-state index contributed by atoms with van der Waals surface area (Å²) in [5.74, 6) is 0. The molecule has 0 atom stereocenters. The highest BCUT2D eigenvalue weighted by molar-refractivity contribution is 7.13. The van der Waals surface area contributed by atoms with E-state index in [-0.39, 0.29) is 0 Å². The molecular formula is C12H13NS. The summed E-state index contributed by atoms with van der Waals surface area (Å²) >= 11 is 1.71. The van der Waals surface area contributed by atoms with Gasteiger partial charge in [0.1, 0.15) is 0 Å². The topological polar surface area (TPSA) is 12.9 Å². The molecule has 2 aromatic rings. The first-order chi connectivity index (χ1) is 6.68. The second kappa shape index (κ2) is 3.54. The van der Waals surface area contributed by atoms with Crippen molar-refractivity contribution < 1.29 is 0 Å². The minimum Gasteiger partial charge on any atom is -0.249 e. The molecule has 0 amide bonds. The molecule has 1 aromatic carbocycles. The molecule has 0 N–H and O–H groups in total. The van der Waals surface area contributed by atoms with Gasteiger partial charge in [0.25, 0.3) is 0 Å². The van der Waals surface area contributed by atoms with E-state index in [9.17, 15) is 0 Å². The zero-order valence-corrected chi connectivity index (χ0v) is 9.48. The highest BCUT2D eigenvalue weighted by Gasteiger charge is 2.04. The molecule has 0 unspecified atom stereocenters. The largest absolute Gasteiger partial charge is 0.249 e. The number of rotatable bonds is 1. The Labute approximate surface area is 88.4 Å². The standard InChI is InChI=1S/C12H13NS/c1-8-4-5-11(6-9(8)2)12-10(3)13-7-14-12/h4-7H,1-3H3. The predicted molar refractivity (Wildman–Crippen MR) is 61.8 cm³/mol. The number of benzene rings is 1. The lowest BCUT2D eigenvalue weighted by molar-refractivity contribution is 1.26. The van der Waals surface area contributed by atoms with Crippen molar-refractivity contribution in [2.24, 2.45) is 0 Å². The third kappa shape index (κ3) is 1.58. The van der Waals surface area contributed by atoms with Crippen LogP contribution in [0, 0.1) is 20.8 Å². The zero-order valence-electron chi connectivity index (χ0n) is 8.66. The molecule has 0 spiro atoms. The Morgan fingerprint density at radius 2 is 1.86 bits per heavy atom. The van der Waals surface area contributed by atoms with Crippen molar-refractivity contribution in [3.8, 4) is 10.4 Å². The Bertz CT molecular complexity index is 457. The molecule has 1 nitrogen and oxygen atoms in total. The van der Waals surface area contributed by atoms with Gasteiger partial charge >= 0.3 is 0 Å². The molecule has 0 aliphatic carbocycles. The van der Waals surface area contributed by atoms with Gasteiger partial charge in [0.15, 0.2) is 0 Å². The van der Waals surface area contributed by atoms with Gasteiger partial charge in [0.2, 0.25) is 0 Å². The first kappa shape index (κ1) is 9.41. The highest BCUT2D eigenvalue weighted by atomic mass is 32.1. The third-order valence-corrected chi connectivity index (χ3v) is 3.49. The maximum absolute atomic E-state index is 4.26. The fraction of sp³-hybridized carbons (Fsp3) is 0.250. The third-order valence-electron chi connectivity index (χ3n) is 2.51. The molecule has 1 aromatic heterocycles. The molecule has 0 saturated carbocycles. The van der Waals surface area contributed by atoms with Crippen LogP contribution in [0.3, 0.4) is 0 Å². The zero-order chi connectivity index (χ0) is 10.1. The highest BCUT2D eigenvalue weighted by Crippen LogP contribution is 2.28. The fourth-order valence-corrected chi connectivity index (χ4v) is 2.26. The first-order valence-corrected chi connectivity index (χ1v) is 5.54. The van der Waals surface area contributed by atoms with Crippen LogP contribution in [-0.2, 0) is 0 Å². The van der Waals surface area contributed by atoms with Gasteiger partial charge in [0.05, 0.1) is 16.1 Å². The summed E-state index contributed by atoms with van der Waals surface area (Å²) in [7, 11) is 0. The van der Waals surface area contributed by atoms with Crippen molar-refractivity contribution in [3.63, 3.8) is 0 Å². The van der Waals surface area contributed by atoms with Crippen molar-refractivity contribution in [2.75, 3.05) is 0 Å². The van der Waals surface area contributed by atoms with E-state index in [2.05, 4.69) is 44.0 Å². The molecule has 0 saturated heterocycles. The van der Waals surface area contributed by atoms with Crippen LogP contribution >= 0.6 is 11.3 Å². The quantitative estimate of drug-likeness (QED) is 0.688. The minimum atomic E-state index is 1.12. The monoisotopic (exact) mass is 203 g/mol. The Morgan fingerprint density at radius 1 is 1.07 bits per heavy atom. The van der Waals surface area contributed by atoms with Crippen LogP contribution in [0.2, 0.25) is 0 Å². The first-order valence-electron chi connectivity index (χ1n) is 4.66. The van der Waals surface area contributed by atoms with Crippen LogP contribution in [0.4, 0.5) is 0 Å². The van der Waals surface area contributed by atoms with Crippen LogP contribution in [0.5, 0.6) is 0 Å². The Kier molecular flexibility index (Phi) is 2.38. The van der Waals surface area contributed by atoms with Gasteiger partial charge in [-0.05, 0) is 37.5 Å². The average molecular weight is 203 g/mol. The van der Waals surface area contributed by atoms with Crippen LogP contribution in [0.1, 0.15) is 16.8 Å². The lowest BCUT2D eigenvalue weighted by Gasteiger charge is -2.03. The summed E-state index contributed by atoms with van der Waals surface area (Å²) in [6.07, 6.45) is 0. The van der Waals surface area contributed by atoms with Crippen LogP contribution in [0.25, 0.3) is 10.4 Å². The van der Waals surface area contributed by atoms with Gasteiger partial charge in [-0.15, -0.1) is 11.3 Å². The van der Waals surface area contributed by atoms with Crippen molar-refractivity contribution >= 4 is 11.3 Å². The van der Waals surface area contributed by atoms with E-state index >= 15 is 0 Å². The number of thiazole rings is 1. The van der Waals surface area contributed by atoms with Gasteiger partial charge in [-0.2, -0.15) is 0 Å². The van der Waals surface area contributed by atoms with E-state index in [1.165, 1.54) is 21.6 Å². The fourth-order valence-electron chi connectivity index (χ4n) is 1.46. The minimum absolute atomic E-state index is 1.12. The number of hydrogen-bond acceptors (Lipinski definition) is 2. The Hall–Kier alpha value is -1.15. The number of hydrogen-bond donors (Lipinski definition) is 0. The molecule has 0 aliphatic heterocycles. The second-order valence-electron chi connectivity index (χ2n) is 3.57. The number of aromatic nitrogens is 1. The number of nitrogens with zero attached hydrogens (tertiary/aromatic N) is 1. The lowest BCUT2D eigenvalue weighted by atomic mass is 10.0. The summed E-state index contributed by atoms with van der Waals surface area (Å²) in [6, 6.07) is 6.57. The summed E-state index contributed by atoms with van der Waals surface area (Å²) in [4.78, 5) is 5.55. The van der Waals surface area contributed by atoms with Gasteiger partial charge in [0, 0.05) is 0 Å². The predicted octanol–water partition coefficient (Wildman–Crippen LogP) is 3.74.